The van der Waals surface area contributed by atoms with Gasteiger partial charge in [0.15, 0.2) is 0 Å². The summed E-state index contributed by atoms with van der Waals surface area (Å²) in [6.45, 7) is 0. The minimum absolute atomic E-state index is 0.192. The summed E-state index contributed by atoms with van der Waals surface area (Å²) in [7, 11) is 0. The molecule has 0 spiro atoms. The van der Waals surface area contributed by atoms with Crippen molar-refractivity contribution in [1.82, 2.24) is 5.32 Å². The number of nitro benzene ring substituents is 1. The van der Waals surface area contributed by atoms with E-state index in [9.17, 15) is 14.9 Å². The van der Waals surface area contributed by atoms with Gasteiger partial charge in [0.05, 0.1) is 4.92 Å². The number of amides is 1. The number of carbonyl (C=O) groups excluding carboxylic acids is 1. The molecule has 21 heavy (non-hydrogen) atoms. The number of hydrogen-bond acceptors (Lipinski definition) is 5. The van der Waals surface area contributed by atoms with E-state index in [0.29, 0.717) is 17.4 Å². The van der Waals surface area contributed by atoms with Crippen LogP contribution in [-0.4, -0.2) is 16.9 Å². The van der Waals surface area contributed by atoms with Gasteiger partial charge in [0.1, 0.15) is 5.69 Å². The quantitative estimate of drug-likeness (QED) is 0.420. The maximum atomic E-state index is 12.3. The minimum Gasteiger partial charge on any atom is -0.349 e. The minimum atomic E-state index is -0.550. The first kappa shape index (κ1) is 13.8. The molecule has 2 fully saturated rings. The molecule has 0 radical (unpaired) electrons. The van der Waals surface area contributed by atoms with Crippen molar-refractivity contribution < 1.29 is 9.72 Å². The molecular formula is C14H18N4O3. The number of benzene rings is 1. The molecular weight excluding hydrogens is 272 g/mol. The van der Waals surface area contributed by atoms with Crippen LogP contribution in [0.1, 0.15) is 36.0 Å². The van der Waals surface area contributed by atoms with E-state index < -0.39 is 4.92 Å². The highest BCUT2D eigenvalue weighted by Gasteiger charge is 2.42. The van der Waals surface area contributed by atoms with Crippen molar-refractivity contribution in [2.24, 2.45) is 17.7 Å². The summed E-state index contributed by atoms with van der Waals surface area (Å²) in [6.07, 6.45) is 4.66. The largest absolute Gasteiger partial charge is 0.349 e. The van der Waals surface area contributed by atoms with Crippen molar-refractivity contribution in [2.75, 3.05) is 5.43 Å². The van der Waals surface area contributed by atoms with Gasteiger partial charge in [-0.25, -0.2) is 0 Å². The number of rotatable bonds is 6. The van der Waals surface area contributed by atoms with E-state index in [0.717, 1.165) is 25.7 Å². The van der Waals surface area contributed by atoms with Gasteiger partial charge < -0.3 is 10.7 Å². The van der Waals surface area contributed by atoms with Gasteiger partial charge in [-0.1, -0.05) is 0 Å². The Balaban J connectivity index is 1.77. The van der Waals surface area contributed by atoms with Gasteiger partial charge in [0.25, 0.3) is 11.6 Å². The van der Waals surface area contributed by atoms with Crippen molar-refractivity contribution >= 4 is 17.3 Å². The molecule has 2 aliphatic carbocycles. The second kappa shape index (κ2) is 5.33. The smallest absolute Gasteiger partial charge is 0.294 e. The normalized spacial score (nSPS) is 17.6. The zero-order valence-electron chi connectivity index (χ0n) is 11.5. The van der Waals surface area contributed by atoms with E-state index in [-0.39, 0.29) is 23.3 Å². The summed E-state index contributed by atoms with van der Waals surface area (Å²) < 4.78 is 0. The molecule has 2 saturated carbocycles. The number of nitrogen functional groups attached to an aromatic ring is 1. The standard InChI is InChI=1S/C14H18N4O3/c15-17-11-6-5-10(7-12(11)18(20)21)14(19)16-13(8-1-2-8)9-3-4-9/h5-9,13,17H,1-4,15H2,(H,16,19). The molecule has 3 rings (SSSR count). The van der Waals surface area contributed by atoms with Crippen LogP contribution < -0.4 is 16.6 Å². The number of nitrogens with one attached hydrogen (secondary N) is 2. The predicted molar refractivity (Wildman–Crippen MR) is 77.6 cm³/mol. The molecule has 2 aliphatic rings. The first-order valence-electron chi connectivity index (χ1n) is 7.16. The van der Waals surface area contributed by atoms with Crippen LogP contribution in [0.25, 0.3) is 0 Å². The Kier molecular flexibility index (Phi) is 3.50. The first-order chi connectivity index (χ1) is 10.1. The van der Waals surface area contributed by atoms with Gasteiger partial charge in [-0.2, -0.15) is 0 Å². The molecule has 7 heteroatoms. The van der Waals surface area contributed by atoms with Gasteiger partial charge in [-0.3, -0.25) is 20.8 Å². The lowest BCUT2D eigenvalue weighted by molar-refractivity contribution is -0.384. The Morgan fingerprint density at radius 2 is 1.90 bits per heavy atom. The molecule has 1 aromatic carbocycles. The molecule has 4 N–H and O–H groups in total. The number of carbonyl (C=O) groups is 1. The Labute approximate surface area is 122 Å². The highest BCUT2D eigenvalue weighted by molar-refractivity contribution is 5.96. The Bertz CT molecular complexity index is 570. The Morgan fingerprint density at radius 1 is 1.29 bits per heavy atom. The van der Waals surface area contributed by atoms with Crippen molar-refractivity contribution in [1.29, 1.82) is 0 Å². The van der Waals surface area contributed by atoms with Gasteiger partial charge in [0, 0.05) is 17.7 Å². The second-order valence-electron chi connectivity index (χ2n) is 5.81. The maximum Gasteiger partial charge on any atom is 0.294 e. The molecule has 0 heterocycles. The highest BCUT2D eigenvalue weighted by Crippen LogP contribution is 2.44. The molecule has 0 aliphatic heterocycles. The van der Waals surface area contributed by atoms with E-state index in [1.807, 2.05) is 0 Å². The highest BCUT2D eigenvalue weighted by atomic mass is 16.6. The SMILES string of the molecule is NNc1ccc(C(=O)NC(C2CC2)C2CC2)cc1[N+](=O)[O-]. The first-order valence-corrected chi connectivity index (χ1v) is 7.16. The van der Waals surface area contributed by atoms with E-state index in [4.69, 9.17) is 5.84 Å². The van der Waals surface area contributed by atoms with Crippen LogP contribution in [0.3, 0.4) is 0 Å². The molecule has 7 nitrogen and oxygen atoms in total. The average molecular weight is 290 g/mol. The lowest BCUT2D eigenvalue weighted by atomic mass is 10.1. The fourth-order valence-electron chi connectivity index (χ4n) is 2.71. The van der Waals surface area contributed by atoms with Gasteiger partial charge in [0.2, 0.25) is 0 Å². The van der Waals surface area contributed by atoms with Crippen molar-refractivity contribution in [3.8, 4) is 0 Å². The van der Waals surface area contributed by atoms with Crippen LogP contribution in [0, 0.1) is 22.0 Å². The van der Waals surface area contributed by atoms with Gasteiger partial charge >= 0.3 is 0 Å². The molecule has 0 atom stereocenters. The number of hydrazine groups is 1. The summed E-state index contributed by atoms with van der Waals surface area (Å²) in [5, 5.41) is 14.0. The number of nitro groups is 1. The zero-order chi connectivity index (χ0) is 15.0. The topological polar surface area (TPSA) is 110 Å². The lowest BCUT2D eigenvalue weighted by Gasteiger charge is -2.17. The molecule has 1 amide bonds. The van der Waals surface area contributed by atoms with Crippen LogP contribution in [0.15, 0.2) is 18.2 Å². The molecule has 1 aromatic rings. The summed E-state index contributed by atoms with van der Waals surface area (Å²) in [5.74, 6) is 6.16. The molecule has 0 aromatic heterocycles. The summed E-state index contributed by atoms with van der Waals surface area (Å²) >= 11 is 0. The summed E-state index contributed by atoms with van der Waals surface area (Å²) in [4.78, 5) is 22.8. The maximum absolute atomic E-state index is 12.3. The second-order valence-corrected chi connectivity index (χ2v) is 5.81. The van der Waals surface area contributed by atoms with Gasteiger partial charge in [-0.15, -0.1) is 0 Å². The number of nitrogens with two attached hydrogens (primary N) is 1. The fraction of sp³-hybridized carbons (Fsp3) is 0.500. The molecule has 0 saturated heterocycles. The zero-order valence-corrected chi connectivity index (χ0v) is 11.5. The van der Waals surface area contributed by atoms with E-state index in [2.05, 4.69) is 10.7 Å². The third-order valence-corrected chi connectivity index (χ3v) is 4.17. The van der Waals surface area contributed by atoms with E-state index in [1.54, 1.807) is 6.07 Å². The van der Waals surface area contributed by atoms with Crippen molar-refractivity contribution in [2.45, 2.75) is 31.7 Å². The Hall–Kier alpha value is -2.15. The van der Waals surface area contributed by atoms with Gasteiger partial charge in [-0.05, 0) is 49.7 Å². The molecule has 0 bridgehead atoms. The van der Waals surface area contributed by atoms with Crippen LogP contribution in [0.4, 0.5) is 11.4 Å². The third kappa shape index (κ3) is 2.97. The van der Waals surface area contributed by atoms with Crippen LogP contribution >= 0.6 is 0 Å². The monoisotopic (exact) mass is 290 g/mol. The van der Waals surface area contributed by atoms with E-state index >= 15 is 0 Å². The van der Waals surface area contributed by atoms with Crippen LogP contribution in [0.5, 0.6) is 0 Å². The lowest BCUT2D eigenvalue weighted by Crippen LogP contribution is -2.38. The van der Waals surface area contributed by atoms with E-state index in [1.165, 1.54) is 12.1 Å². The fourth-order valence-corrected chi connectivity index (χ4v) is 2.71. The Morgan fingerprint density at radius 3 is 2.38 bits per heavy atom. The van der Waals surface area contributed by atoms with Crippen molar-refractivity contribution in [3.63, 3.8) is 0 Å². The van der Waals surface area contributed by atoms with Crippen molar-refractivity contribution in [3.05, 3.63) is 33.9 Å². The van der Waals surface area contributed by atoms with Crippen LogP contribution in [-0.2, 0) is 0 Å². The number of anilines is 1. The summed E-state index contributed by atoms with van der Waals surface area (Å²) in [6, 6.07) is 4.50. The molecule has 0 unspecified atom stereocenters. The van der Waals surface area contributed by atoms with Crippen LogP contribution in [0.2, 0.25) is 0 Å². The number of hydrogen-bond donors (Lipinski definition) is 3. The summed E-state index contributed by atoms with van der Waals surface area (Å²) in [5.41, 5.74) is 2.56. The average Bonchev–Trinajstić information content (AvgIpc) is 3.37. The molecule has 112 valence electrons. The number of nitrogens with zero attached hydrogens (tertiary/aromatic N) is 1. The predicted octanol–water partition coefficient (Wildman–Crippen LogP) is 1.80. The third-order valence-electron chi connectivity index (χ3n) is 4.17.